The van der Waals surface area contributed by atoms with Gasteiger partial charge in [0.25, 0.3) is 0 Å². The third kappa shape index (κ3) is 4.72. The smallest absolute Gasteiger partial charge is 0.248 e. The summed E-state index contributed by atoms with van der Waals surface area (Å²) >= 11 is 4.87. The number of thioether (sulfide) groups is 1. The van der Waals surface area contributed by atoms with Crippen LogP contribution in [0.25, 0.3) is 6.08 Å². The van der Waals surface area contributed by atoms with E-state index < -0.39 is 0 Å². The maximum absolute atomic E-state index is 13.0. The third-order valence-corrected chi connectivity index (χ3v) is 4.13. The molecule has 2 rings (SSSR count). The highest BCUT2D eigenvalue weighted by Crippen LogP contribution is 2.23. The van der Waals surface area contributed by atoms with Gasteiger partial charge in [0, 0.05) is 15.4 Å². The number of hydrogen-bond donors (Lipinski definition) is 1. The van der Waals surface area contributed by atoms with Gasteiger partial charge in [-0.3, -0.25) is 4.79 Å². The fraction of sp³-hybridized carbons (Fsp3) is 0.0625. The molecule has 0 bridgehead atoms. The highest BCUT2D eigenvalue weighted by molar-refractivity contribution is 9.10. The van der Waals surface area contributed by atoms with Crippen molar-refractivity contribution in [3.05, 3.63) is 64.4 Å². The molecule has 21 heavy (non-hydrogen) atoms. The number of nitrogens with one attached hydrogen (secondary N) is 1. The summed E-state index contributed by atoms with van der Waals surface area (Å²) in [5, 5.41) is 2.69. The van der Waals surface area contributed by atoms with E-state index in [1.807, 2.05) is 30.5 Å². The molecule has 0 spiro atoms. The lowest BCUT2D eigenvalue weighted by molar-refractivity contribution is -0.111. The van der Waals surface area contributed by atoms with Crippen molar-refractivity contribution < 1.29 is 9.18 Å². The molecule has 2 aromatic carbocycles. The molecule has 0 atom stereocenters. The summed E-state index contributed by atoms with van der Waals surface area (Å²) < 4.78 is 13.5. The van der Waals surface area contributed by atoms with E-state index in [0.29, 0.717) is 10.2 Å². The van der Waals surface area contributed by atoms with Crippen LogP contribution in [0.3, 0.4) is 0 Å². The zero-order valence-corrected chi connectivity index (χ0v) is 13.7. The minimum absolute atomic E-state index is 0.267. The molecule has 0 saturated heterocycles. The van der Waals surface area contributed by atoms with Crippen molar-refractivity contribution in [1.82, 2.24) is 0 Å². The van der Waals surface area contributed by atoms with Gasteiger partial charge in [0.15, 0.2) is 0 Å². The summed E-state index contributed by atoms with van der Waals surface area (Å²) in [7, 11) is 0. The predicted molar refractivity (Wildman–Crippen MR) is 90.0 cm³/mol. The molecule has 2 nitrogen and oxygen atoms in total. The third-order valence-electron chi connectivity index (χ3n) is 2.73. The zero-order chi connectivity index (χ0) is 15.2. The Morgan fingerprint density at radius 3 is 2.57 bits per heavy atom. The lowest BCUT2D eigenvalue weighted by Crippen LogP contribution is -2.08. The topological polar surface area (TPSA) is 29.1 Å². The van der Waals surface area contributed by atoms with Crippen LogP contribution >= 0.6 is 27.7 Å². The van der Waals surface area contributed by atoms with E-state index in [1.165, 1.54) is 29.2 Å². The Balaban J connectivity index is 2.01. The van der Waals surface area contributed by atoms with Crippen LogP contribution in [-0.2, 0) is 4.79 Å². The molecule has 0 aromatic heterocycles. The van der Waals surface area contributed by atoms with Gasteiger partial charge in [-0.2, -0.15) is 0 Å². The predicted octanol–water partition coefficient (Wildman–Crippen LogP) is 4.96. The van der Waals surface area contributed by atoms with Crippen molar-refractivity contribution >= 4 is 45.4 Å². The number of carbonyl (C=O) groups excluding carboxylic acids is 1. The van der Waals surface area contributed by atoms with Crippen LogP contribution in [0.2, 0.25) is 0 Å². The fourth-order valence-electron chi connectivity index (χ4n) is 1.65. The average molecular weight is 366 g/mol. The highest BCUT2D eigenvalue weighted by Gasteiger charge is 2.03. The van der Waals surface area contributed by atoms with Crippen molar-refractivity contribution in [3.63, 3.8) is 0 Å². The summed E-state index contributed by atoms with van der Waals surface area (Å²) in [4.78, 5) is 13.0. The number of benzene rings is 2. The summed E-state index contributed by atoms with van der Waals surface area (Å²) in [6.07, 6.45) is 5.19. The Morgan fingerprint density at radius 1 is 1.24 bits per heavy atom. The first-order valence-electron chi connectivity index (χ1n) is 6.16. The van der Waals surface area contributed by atoms with E-state index in [9.17, 15) is 9.18 Å². The van der Waals surface area contributed by atoms with Crippen LogP contribution < -0.4 is 5.32 Å². The van der Waals surface area contributed by atoms with Gasteiger partial charge < -0.3 is 5.32 Å². The van der Waals surface area contributed by atoms with Crippen LogP contribution in [0.4, 0.5) is 10.1 Å². The Labute approximate surface area is 135 Å². The molecule has 1 N–H and O–H groups in total. The first-order chi connectivity index (χ1) is 10.1. The molecule has 0 aliphatic heterocycles. The van der Waals surface area contributed by atoms with Gasteiger partial charge in [0.1, 0.15) is 5.82 Å². The molecule has 0 fully saturated rings. The molecule has 108 valence electrons. The second-order valence-corrected chi connectivity index (χ2v) is 5.95. The van der Waals surface area contributed by atoms with Crippen molar-refractivity contribution in [2.24, 2.45) is 0 Å². The minimum atomic E-state index is -0.357. The zero-order valence-electron chi connectivity index (χ0n) is 11.3. The van der Waals surface area contributed by atoms with E-state index in [0.717, 1.165) is 5.56 Å². The van der Waals surface area contributed by atoms with Gasteiger partial charge in [-0.15, -0.1) is 11.8 Å². The Kier molecular flexibility index (Phi) is 5.59. The van der Waals surface area contributed by atoms with Crippen LogP contribution in [0, 0.1) is 5.82 Å². The molecule has 1 amide bonds. The number of anilines is 1. The maximum Gasteiger partial charge on any atom is 0.248 e. The van der Waals surface area contributed by atoms with E-state index in [-0.39, 0.29) is 11.7 Å². The molecule has 0 heterocycles. The van der Waals surface area contributed by atoms with Crippen molar-refractivity contribution in [1.29, 1.82) is 0 Å². The summed E-state index contributed by atoms with van der Waals surface area (Å²) in [5.41, 5.74) is 1.48. The van der Waals surface area contributed by atoms with E-state index >= 15 is 0 Å². The number of hydrogen-bond acceptors (Lipinski definition) is 2. The van der Waals surface area contributed by atoms with Gasteiger partial charge >= 0.3 is 0 Å². The first-order valence-corrected chi connectivity index (χ1v) is 8.18. The molecular weight excluding hydrogens is 353 g/mol. The van der Waals surface area contributed by atoms with E-state index in [2.05, 4.69) is 21.2 Å². The summed E-state index contributed by atoms with van der Waals surface area (Å²) in [5.74, 6) is -0.624. The maximum atomic E-state index is 13.0. The second-order valence-electron chi connectivity index (χ2n) is 4.22. The van der Waals surface area contributed by atoms with Crippen LogP contribution in [0.15, 0.2) is 57.9 Å². The van der Waals surface area contributed by atoms with Crippen molar-refractivity contribution in [2.45, 2.75) is 4.90 Å². The van der Waals surface area contributed by atoms with Crippen LogP contribution in [-0.4, -0.2) is 12.2 Å². The van der Waals surface area contributed by atoms with Crippen molar-refractivity contribution in [2.75, 3.05) is 11.6 Å². The Morgan fingerprint density at radius 2 is 1.95 bits per heavy atom. The first kappa shape index (κ1) is 15.8. The quantitative estimate of drug-likeness (QED) is 0.612. The SMILES string of the molecule is CSc1ccc(C=CC(=O)Nc2ccc(F)cc2Br)cc1. The Bertz CT molecular complexity index is 670. The normalized spacial score (nSPS) is 10.8. The highest BCUT2D eigenvalue weighted by atomic mass is 79.9. The van der Waals surface area contributed by atoms with E-state index in [1.54, 1.807) is 17.8 Å². The molecule has 2 aromatic rings. The number of halogens is 2. The van der Waals surface area contributed by atoms with Gasteiger partial charge in [-0.25, -0.2) is 4.39 Å². The van der Waals surface area contributed by atoms with Gasteiger partial charge in [0.2, 0.25) is 5.91 Å². The number of rotatable bonds is 4. The molecule has 0 saturated carbocycles. The number of amides is 1. The Hall–Kier alpha value is -1.59. The van der Waals surface area contributed by atoms with Gasteiger partial charge in [-0.05, 0) is 64.2 Å². The molecule has 0 aliphatic rings. The molecular formula is C16H13BrFNOS. The fourth-order valence-corrected chi connectivity index (χ4v) is 2.51. The second kappa shape index (κ2) is 7.43. The van der Waals surface area contributed by atoms with Gasteiger partial charge in [-0.1, -0.05) is 12.1 Å². The standard InChI is InChI=1S/C16H13BrFNOS/c1-21-13-6-2-11(3-7-13)4-9-16(20)19-15-8-5-12(18)10-14(15)17/h2-10H,1H3,(H,19,20). The molecule has 0 aliphatic carbocycles. The lowest BCUT2D eigenvalue weighted by Gasteiger charge is -2.04. The lowest BCUT2D eigenvalue weighted by atomic mass is 10.2. The van der Waals surface area contributed by atoms with Crippen molar-refractivity contribution in [3.8, 4) is 0 Å². The number of carbonyl (C=O) groups is 1. The van der Waals surface area contributed by atoms with Crippen LogP contribution in [0.1, 0.15) is 5.56 Å². The summed E-state index contributed by atoms with van der Waals surface area (Å²) in [6, 6.07) is 12.0. The van der Waals surface area contributed by atoms with E-state index in [4.69, 9.17) is 0 Å². The van der Waals surface area contributed by atoms with Gasteiger partial charge in [0.05, 0.1) is 5.69 Å². The van der Waals surface area contributed by atoms with Crippen LogP contribution in [0.5, 0.6) is 0 Å². The summed E-state index contributed by atoms with van der Waals surface area (Å²) in [6.45, 7) is 0. The minimum Gasteiger partial charge on any atom is -0.321 e. The molecule has 0 unspecified atom stereocenters. The largest absolute Gasteiger partial charge is 0.321 e. The average Bonchev–Trinajstić information content (AvgIpc) is 2.48. The molecule has 0 radical (unpaired) electrons. The molecule has 5 heteroatoms. The monoisotopic (exact) mass is 365 g/mol.